The lowest BCUT2D eigenvalue weighted by Crippen LogP contribution is -2.17. The predicted molar refractivity (Wildman–Crippen MR) is 184 cm³/mol. The third-order valence-corrected chi connectivity index (χ3v) is 5.46. The largest absolute Gasteiger partial charge is 0.411 e. The lowest BCUT2D eigenvalue weighted by Gasteiger charge is -2.18. The van der Waals surface area contributed by atoms with E-state index in [1.54, 1.807) is 24.1 Å². The van der Waals surface area contributed by atoms with Crippen LogP contribution < -0.4 is 0 Å². The zero-order valence-corrected chi connectivity index (χ0v) is 30.2. The number of nitrogens with zero attached hydrogens (tertiary/aromatic N) is 2. The zero-order chi connectivity index (χ0) is 27.6. The van der Waals surface area contributed by atoms with Gasteiger partial charge in [-0.25, -0.2) is 0 Å². The SMILES string of the molecule is C/C=N/O.CC#N.CC(C)(O)CCCC1=CCCCC1.CC(C)(O)CCCC1=CCCCC1.I.II. The van der Waals surface area contributed by atoms with Gasteiger partial charge in [-0.3, -0.25) is 0 Å². The molecule has 0 spiro atoms. The van der Waals surface area contributed by atoms with Gasteiger partial charge in [-0.15, -0.1) is 29.1 Å². The molecule has 0 saturated heterocycles. The van der Waals surface area contributed by atoms with Gasteiger partial charge in [0.05, 0.1) is 17.3 Å². The van der Waals surface area contributed by atoms with Crippen LogP contribution in [-0.4, -0.2) is 32.8 Å². The predicted octanol–water partition coefficient (Wildman–Crippen LogP) is 10.2. The van der Waals surface area contributed by atoms with Gasteiger partial charge in [-0.2, -0.15) is 5.26 Å². The fraction of sp³-hybridized carbons (Fsp3) is 0.786. The van der Waals surface area contributed by atoms with E-state index in [0.717, 1.165) is 25.7 Å². The lowest BCUT2D eigenvalue weighted by atomic mass is 9.93. The van der Waals surface area contributed by atoms with Crippen molar-refractivity contribution in [3.05, 3.63) is 23.3 Å². The van der Waals surface area contributed by atoms with Crippen LogP contribution >= 0.6 is 61.2 Å². The van der Waals surface area contributed by atoms with E-state index in [2.05, 4.69) is 54.5 Å². The molecule has 0 aromatic heterocycles. The number of halogens is 3. The fourth-order valence-corrected chi connectivity index (χ4v) is 3.76. The molecule has 8 heteroatoms. The Morgan fingerprint density at radius 1 is 0.889 bits per heavy atom. The summed E-state index contributed by atoms with van der Waals surface area (Å²) in [4.78, 5) is 0. The van der Waals surface area contributed by atoms with Gasteiger partial charge < -0.3 is 15.4 Å². The zero-order valence-electron chi connectivity index (χ0n) is 23.5. The van der Waals surface area contributed by atoms with Crippen LogP contribution in [0.15, 0.2) is 28.5 Å². The molecule has 0 amide bonds. The second kappa shape index (κ2) is 30.1. The quantitative estimate of drug-likeness (QED) is 0.0745. The maximum Gasteiger partial charge on any atom is 0.0591 e. The number of allylic oxidation sites excluding steroid dienone is 4. The maximum absolute atomic E-state index is 9.53. The number of rotatable bonds is 8. The Hall–Kier alpha value is 0.550. The van der Waals surface area contributed by atoms with E-state index in [1.165, 1.54) is 77.3 Å². The molecule has 214 valence electrons. The number of hydrogen-bond acceptors (Lipinski definition) is 5. The van der Waals surface area contributed by atoms with Crippen LogP contribution in [0.4, 0.5) is 0 Å². The second-order valence-electron chi connectivity index (χ2n) is 10.1. The highest BCUT2D eigenvalue weighted by atomic mass is 128. The van der Waals surface area contributed by atoms with E-state index < -0.39 is 11.2 Å². The van der Waals surface area contributed by atoms with Crippen LogP contribution in [0.1, 0.15) is 131 Å². The monoisotopic (exact) mass is 846 g/mol. The van der Waals surface area contributed by atoms with Crippen LogP contribution in [-0.2, 0) is 0 Å². The van der Waals surface area contributed by atoms with Crippen molar-refractivity contribution in [3.63, 3.8) is 0 Å². The summed E-state index contributed by atoms with van der Waals surface area (Å²) in [5.41, 5.74) is 2.29. The third-order valence-electron chi connectivity index (χ3n) is 5.46. The summed E-state index contributed by atoms with van der Waals surface area (Å²) in [7, 11) is 0. The van der Waals surface area contributed by atoms with Crippen molar-refractivity contribution in [3.8, 4) is 6.07 Å². The van der Waals surface area contributed by atoms with Gasteiger partial charge in [-0.1, -0.05) is 23.3 Å². The molecule has 2 rings (SSSR count). The number of oxime groups is 1. The van der Waals surface area contributed by atoms with E-state index in [4.69, 9.17) is 10.5 Å². The Labute approximate surface area is 263 Å². The van der Waals surface area contributed by atoms with Gasteiger partial charge >= 0.3 is 0 Å². The highest BCUT2D eigenvalue weighted by Crippen LogP contribution is 2.24. The molecule has 0 atom stereocenters. The van der Waals surface area contributed by atoms with E-state index in [1.807, 2.05) is 27.7 Å². The third kappa shape index (κ3) is 39.1. The Bertz CT molecular complexity index is 557. The molecular weight excluding hydrogens is 793 g/mol. The molecule has 0 radical (unpaired) electrons. The molecule has 5 nitrogen and oxygen atoms in total. The molecule has 0 aromatic carbocycles. The molecule has 0 aliphatic heterocycles. The minimum absolute atomic E-state index is 0. The van der Waals surface area contributed by atoms with Gasteiger partial charge in [0.15, 0.2) is 0 Å². The van der Waals surface area contributed by atoms with Gasteiger partial charge in [0.1, 0.15) is 0 Å². The average molecular weight is 846 g/mol. The standard InChI is InChI=1S/2C12H22O.C2H5NO.C2H3N.I2.HI/c2*1-12(2,13)10-6-9-11-7-4-3-5-8-11;1-2-3-4;1-2-3;1-2;/h2*7,13H,3-6,8-10H2,1-2H3;2,4H,1H3;1H3;;1H/b;;3-2+;;;. The Kier molecular flexibility index (Phi) is 36.4. The first-order valence-electron chi connectivity index (χ1n) is 12.9. The van der Waals surface area contributed by atoms with Crippen molar-refractivity contribution in [2.45, 2.75) is 143 Å². The van der Waals surface area contributed by atoms with Gasteiger partial charge in [0.2, 0.25) is 0 Å². The normalized spacial score (nSPS) is 14.8. The Balaban J connectivity index is -0.000000210. The molecule has 2 aliphatic carbocycles. The van der Waals surface area contributed by atoms with Crippen molar-refractivity contribution in [1.82, 2.24) is 0 Å². The summed E-state index contributed by atoms with van der Waals surface area (Å²) in [5, 5.41) is 36.4. The molecule has 0 saturated carbocycles. The molecular formula is C28H53I3N2O3. The first kappa shape index (κ1) is 43.6. The minimum Gasteiger partial charge on any atom is -0.411 e. The Morgan fingerprint density at radius 3 is 1.39 bits per heavy atom. The smallest absolute Gasteiger partial charge is 0.0591 e. The summed E-state index contributed by atoms with van der Waals surface area (Å²) in [6.07, 6.45) is 23.2. The van der Waals surface area contributed by atoms with E-state index >= 15 is 0 Å². The summed E-state index contributed by atoms with van der Waals surface area (Å²) >= 11 is 4.24. The molecule has 0 unspecified atom stereocenters. The lowest BCUT2D eigenvalue weighted by molar-refractivity contribution is 0.0682. The first-order chi connectivity index (χ1) is 16.5. The molecule has 0 fully saturated rings. The highest BCUT2D eigenvalue weighted by molar-refractivity contribution is 15.0. The second-order valence-corrected chi connectivity index (χ2v) is 10.1. The van der Waals surface area contributed by atoms with Crippen molar-refractivity contribution < 1.29 is 15.4 Å². The summed E-state index contributed by atoms with van der Waals surface area (Å²) in [6.45, 7) is 10.6. The minimum atomic E-state index is -0.477. The van der Waals surface area contributed by atoms with E-state index in [9.17, 15) is 10.2 Å². The van der Waals surface area contributed by atoms with Crippen molar-refractivity contribution in [2.24, 2.45) is 5.16 Å². The Morgan fingerprint density at radius 2 is 1.19 bits per heavy atom. The summed E-state index contributed by atoms with van der Waals surface area (Å²) < 4.78 is 0. The molecule has 0 heterocycles. The average Bonchev–Trinajstić information content (AvgIpc) is 2.81. The molecule has 3 N–H and O–H groups in total. The van der Waals surface area contributed by atoms with Crippen LogP contribution in [0.3, 0.4) is 0 Å². The van der Waals surface area contributed by atoms with E-state index in [0.29, 0.717) is 0 Å². The fourth-order valence-electron chi connectivity index (χ4n) is 3.76. The molecule has 0 aromatic rings. The van der Waals surface area contributed by atoms with Gasteiger partial charge in [0.25, 0.3) is 0 Å². The number of aliphatic hydroxyl groups is 2. The van der Waals surface area contributed by atoms with Crippen molar-refractivity contribution in [1.29, 1.82) is 5.26 Å². The van der Waals surface area contributed by atoms with E-state index in [-0.39, 0.29) is 24.0 Å². The van der Waals surface area contributed by atoms with Crippen LogP contribution in [0.2, 0.25) is 0 Å². The van der Waals surface area contributed by atoms with Gasteiger partial charge in [-0.05, 0) is 125 Å². The first-order valence-corrected chi connectivity index (χ1v) is 19.2. The van der Waals surface area contributed by atoms with Crippen LogP contribution in [0, 0.1) is 11.3 Å². The van der Waals surface area contributed by atoms with Gasteiger partial charge in [0, 0.05) is 50.4 Å². The maximum atomic E-state index is 9.53. The summed E-state index contributed by atoms with van der Waals surface area (Å²) in [5.74, 6) is 0. The van der Waals surface area contributed by atoms with Crippen LogP contribution in [0.25, 0.3) is 0 Å². The van der Waals surface area contributed by atoms with Crippen molar-refractivity contribution in [2.75, 3.05) is 0 Å². The number of nitriles is 1. The highest BCUT2D eigenvalue weighted by Gasteiger charge is 2.13. The molecule has 36 heavy (non-hydrogen) atoms. The number of hydrogen-bond donors (Lipinski definition) is 3. The molecule has 2 aliphatic rings. The van der Waals surface area contributed by atoms with Crippen LogP contribution in [0.5, 0.6) is 0 Å². The summed E-state index contributed by atoms with van der Waals surface area (Å²) in [6, 6.07) is 1.75. The molecule has 0 bridgehead atoms. The topological polar surface area (TPSA) is 96.8 Å². The van der Waals surface area contributed by atoms with Crippen molar-refractivity contribution >= 4 is 67.4 Å².